The normalized spacial score (nSPS) is 46.0. The van der Waals surface area contributed by atoms with Gasteiger partial charge >= 0.3 is 5.97 Å². The lowest BCUT2D eigenvalue weighted by Crippen LogP contribution is -2.53. The molecule has 0 unspecified atom stereocenters. The van der Waals surface area contributed by atoms with Gasteiger partial charge in [0.15, 0.2) is 0 Å². The summed E-state index contributed by atoms with van der Waals surface area (Å²) in [4.78, 5) is 11.8. The zero-order valence-corrected chi connectivity index (χ0v) is 15.5. The van der Waals surface area contributed by atoms with Crippen LogP contribution in [-0.2, 0) is 9.53 Å². The predicted molar refractivity (Wildman–Crippen MR) is 94.6 cm³/mol. The van der Waals surface area contributed by atoms with E-state index in [0.29, 0.717) is 17.8 Å². The van der Waals surface area contributed by atoms with Crippen molar-refractivity contribution in [3.05, 3.63) is 23.4 Å². The van der Waals surface area contributed by atoms with Crippen molar-refractivity contribution in [3.63, 3.8) is 0 Å². The predicted octanol–water partition coefficient (Wildman–Crippen LogP) is 5.02. The minimum atomic E-state index is -0.444. The van der Waals surface area contributed by atoms with E-state index in [-0.39, 0.29) is 35.2 Å². The Bertz CT molecular complexity index is 663. The molecule has 4 aliphatic rings. The van der Waals surface area contributed by atoms with E-state index >= 15 is 0 Å². The summed E-state index contributed by atoms with van der Waals surface area (Å²) in [6, 6.07) is 0. The van der Waals surface area contributed by atoms with E-state index < -0.39 is 5.41 Å². The van der Waals surface area contributed by atoms with Gasteiger partial charge in [0.1, 0.15) is 17.3 Å². The molecule has 2 N–H and O–H groups in total. The number of aliphatic hydroxyl groups is 2. The molecule has 6 atom stereocenters. The van der Waals surface area contributed by atoms with Crippen LogP contribution in [0.1, 0.15) is 65.7 Å². The molecular formula is C21H30O4. The van der Waals surface area contributed by atoms with Crippen molar-refractivity contribution in [2.45, 2.75) is 65.7 Å². The average molecular weight is 346 g/mol. The average Bonchev–Trinajstić information content (AvgIpc) is 2.94. The molecule has 0 bridgehead atoms. The molecule has 0 aromatic heterocycles. The number of esters is 1. The number of fused-ring (bicyclic) bond motifs is 5. The summed E-state index contributed by atoms with van der Waals surface area (Å²) in [6.45, 7) is 5.97. The van der Waals surface area contributed by atoms with Crippen LogP contribution in [0.5, 0.6) is 0 Å². The minimum absolute atomic E-state index is 0.116. The van der Waals surface area contributed by atoms with Crippen LogP contribution in [0.4, 0.5) is 0 Å². The third kappa shape index (κ3) is 2.29. The van der Waals surface area contributed by atoms with Gasteiger partial charge in [0.25, 0.3) is 0 Å². The Morgan fingerprint density at radius 1 is 1.16 bits per heavy atom. The highest BCUT2D eigenvalue weighted by Gasteiger charge is 2.61. The Morgan fingerprint density at radius 3 is 2.64 bits per heavy atom. The molecule has 0 amide bonds. The third-order valence-electron chi connectivity index (χ3n) is 8.02. The molecule has 0 saturated heterocycles. The molecule has 0 radical (unpaired) electrons. The van der Waals surface area contributed by atoms with Crippen LogP contribution in [0.3, 0.4) is 0 Å². The SMILES string of the molecule is CC(=O)OC1=C[C@@H]2CCC(O)=C(O)[C@]2(C)[C@H]2CC[C@]3(C)CCC[C@H]3[C@H]12. The Morgan fingerprint density at radius 2 is 1.92 bits per heavy atom. The first-order valence-electron chi connectivity index (χ1n) is 9.79. The standard InChI is InChI=1S/C21H30O4/c1-12(22)25-17-11-13-6-7-16(23)19(24)21(13,3)15-8-10-20(2)9-4-5-14(20)18(15)17/h11,13-15,18,23-24H,4-10H2,1-3H3/t13-,14-,15-,18-,20-,21-/m0/s1. The van der Waals surface area contributed by atoms with Crippen molar-refractivity contribution in [2.24, 2.45) is 34.5 Å². The van der Waals surface area contributed by atoms with Crippen LogP contribution in [0.2, 0.25) is 0 Å². The minimum Gasteiger partial charge on any atom is -0.509 e. The number of ether oxygens (including phenoxy) is 1. The molecule has 2 fully saturated rings. The zero-order chi connectivity index (χ0) is 18.0. The maximum atomic E-state index is 11.8. The second-order valence-corrected chi connectivity index (χ2v) is 9.21. The van der Waals surface area contributed by atoms with Crippen LogP contribution in [0, 0.1) is 34.5 Å². The monoisotopic (exact) mass is 346 g/mol. The highest BCUT2D eigenvalue weighted by atomic mass is 16.5. The Hall–Kier alpha value is -1.45. The first-order valence-corrected chi connectivity index (χ1v) is 9.79. The summed E-state index contributed by atoms with van der Waals surface area (Å²) in [7, 11) is 0. The third-order valence-corrected chi connectivity index (χ3v) is 8.02. The molecule has 4 nitrogen and oxygen atoms in total. The molecule has 4 aliphatic carbocycles. The Balaban J connectivity index is 1.84. The molecule has 4 rings (SSSR count). The number of carbonyl (C=O) groups excluding carboxylic acids is 1. The van der Waals surface area contributed by atoms with E-state index in [4.69, 9.17) is 4.74 Å². The highest BCUT2D eigenvalue weighted by molar-refractivity contribution is 5.67. The number of hydrogen-bond acceptors (Lipinski definition) is 4. The summed E-state index contributed by atoms with van der Waals surface area (Å²) in [5, 5.41) is 21.1. The fraction of sp³-hybridized carbons (Fsp3) is 0.762. The molecule has 0 heterocycles. The van der Waals surface area contributed by atoms with E-state index in [1.54, 1.807) is 0 Å². The number of aliphatic hydroxyl groups excluding tert-OH is 2. The van der Waals surface area contributed by atoms with E-state index in [2.05, 4.69) is 19.9 Å². The quantitative estimate of drug-likeness (QED) is 0.654. The second kappa shape index (κ2) is 5.52. The lowest BCUT2D eigenvalue weighted by Gasteiger charge is -2.57. The van der Waals surface area contributed by atoms with Gasteiger partial charge in [-0.15, -0.1) is 0 Å². The Kier molecular flexibility index (Phi) is 3.75. The van der Waals surface area contributed by atoms with Gasteiger partial charge in [-0.05, 0) is 61.3 Å². The first kappa shape index (κ1) is 17.0. The van der Waals surface area contributed by atoms with Gasteiger partial charge in [-0.1, -0.05) is 20.3 Å². The maximum absolute atomic E-state index is 11.8. The topological polar surface area (TPSA) is 66.8 Å². The van der Waals surface area contributed by atoms with Gasteiger partial charge in [0.05, 0.1) is 0 Å². The molecule has 2 saturated carbocycles. The fourth-order valence-corrected chi connectivity index (χ4v) is 6.68. The summed E-state index contributed by atoms with van der Waals surface area (Å²) >= 11 is 0. The summed E-state index contributed by atoms with van der Waals surface area (Å²) < 4.78 is 5.73. The largest absolute Gasteiger partial charge is 0.509 e. The van der Waals surface area contributed by atoms with Gasteiger partial charge < -0.3 is 14.9 Å². The molecule has 0 aliphatic heterocycles. The van der Waals surface area contributed by atoms with Gasteiger partial charge in [-0.2, -0.15) is 0 Å². The zero-order valence-electron chi connectivity index (χ0n) is 15.5. The molecule has 0 aromatic rings. The van der Waals surface area contributed by atoms with E-state index in [1.807, 2.05) is 0 Å². The van der Waals surface area contributed by atoms with Crippen LogP contribution in [0.25, 0.3) is 0 Å². The van der Waals surface area contributed by atoms with E-state index in [9.17, 15) is 15.0 Å². The molecule has 0 spiro atoms. The van der Waals surface area contributed by atoms with Gasteiger partial charge in [0, 0.05) is 24.7 Å². The molecule has 25 heavy (non-hydrogen) atoms. The van der Waals surface area contributed by atoms with Crippen LogP contribution < -0.4 is 0 Å². The molecule has 0 aromatic carbocycles. The van der Waals surface area contributed by atoms with Crippen molar-refractivity contribution in [2.75, 3.05) is 0 Å². The van der Waals surface area contributed by atoms with Gasteiger partial charge in [-0.25, -0.2) is 0 Å². The Labute approximate surface area is 149 Å². The highest BCUT2D eigenvalue weighted by Crippen LogP contribution is 2.66. The van der Waals surface area contributed by atoms with Crippen molar-refractivity contribution >= 4 is 5.97 Å². The van der Waals surface area contributed by atoms with Crippen molar-refractivity contribution in [3.8, 4) is 0 Å². The number of carbonyl (C=O) groups is 1. The van der Waals surface area contributed by atoms with Crippen LogP contribution >= 0.6 is 0 Å². The van der Waals surface area contributed by atoms with Gasteiger partial charge in [0.2, 0.25) is 0 Å². The smallest absolute Gasteiger partial charge is 0.307 e. The molecule has 138 valence electrons. The molecule has 4 heteroatoms. The summed E-state index contributed by atoms with van der Waals surface area (Å²) in [5.74, 6) is 1.91. The number of allylic oxidation sites excluding steroid dienone is 4. The number of hydrogen-bond donors (Lipinski definition) is 2. The second-order valence-electron chi connectivity index (χ2n) is 9.21. The first-order chi connectivity index (χ1) is 11.8. The van der Waals surface area contributed by atoms with Crippen LogP contribution in [-0.4, -0.2) is 16.2 Å². The lowest BCUT2D eigenvalue weighted by atomic mass is 9.47. The summed E-state index contributed by atoms with van der Waals surface area (Å²) in [6.07, 6.45) is 9.19. The van der Waals surface area contributed by atoms with Gasteiger partial charge in [-0.3, -0.25) is 4.79 Å². The summed E-state index contributed by atoms with van der Waals surface area (Å²) in [5.41, 5.74) is -0.139. The van der Waals surface area contributed by atoms with E-state index in [0.717, 1.165) is 31.4 Å². The van der Waals surface area contributed by atoms with Crippen LogP contribution in [0.15, 0.2) is 23.4 Å². The fourth-order valence-electron chi connectivity index (χ4n) is 6.68. The lowest BCUT2D eigenvalue weighted by molar-refractivity contribution is -0.142. The molecular weight excluding hydrogens is 316 g/mol. The number of rotatable bonds is 1. The van der Waals surface area contributed by atoms with Crippen molar-refractivity contribution < 1.29 is 19.7 Å². The van der Waals surface area contributed by atoms with Crippen molar-refractivity contribution in [1.29, 1.82) is 0 Å². The van der Waals surface area contributed by atoms with E-state index in [1.165, 1.54) is 19.8 Å². The van der Waals surface area contributed by atoms with Crippen molar-refractivity contribution in [1.82, 2.24) is 0 Å². The maximum Gasteiger partial charge on any atom is 0.307 e.